The van der Waals surface area contributed by atoms with E-state index in [1.54, 1.807) is 11.3 Å². The van der Waals surface area contributed by atoms with Crippen LogP contribution in [0.5, 0.6) is 0 Å². The van der Waals surface area contributed by atoms with E-state index in [0.717, 1.165) is 34.7 Å². The quantitative estimate of drug-likeness (QED) is 0.885. The maximum atomic E-state index is 12.5. The van der Waals surface area contributed by atoms with E-state index in [-0.39, 0.29) is 5.91 Å². The molecule has 4 aliphatic rings. The number of hydrogen-bond acceptors (Lipinski definition) is 2. The number of nitrogens with one attached hydrogen (secondary N) is 1. The molecule has 1 aromatic heterocycles. The second-order valence-corrected chi connectivity index (χ2v) is 9.39. The number of amides is 1. The topological polar surface area (TPSA) is 29.1 Å². The summed E-state index contributed by atoms with van der Waals surface area (Å²) in [5.41, 5.74) is 1.32. The van der Waals surface area contributed by atoms with Gasteiger partial charge < -0.3 is 5.32 Å². The van der Waals surface area contributed by atoms with E-state index < -0.39 is 0 Å². The molecule has 3 heteroatoms. The van der Waals surface area contributed by atoms with Gasteiger partial charge in [-0.05, 0) is 81.6 Å². The highest BCUT2D eigenvalue weighted by Gasteiger charge is 2.50. The Morgan fingerprint density at radius 1 is 1.19 bits per heavy atom. The first kappa shape index (κ1) is 13.8. The lowest BCUT2D eigenvalue weighted by Gasteiger charge is -2.56. The molecule has 0 saturated heterocycles. The molecule has 5 rings (SSSR count). The van der Waals surface area contributed by atoms with Crippen molar-refractivity contribution in [1.82, 2.24) is 5.32 Å². The van der Waals surface area contributed by atoms with Crippen molar-refractivity contribution in [3.63, 3.8) is 0 Å². The molecule has 1 heterocycles. The highest BCUT2D eigenvalue weighted by atomic mass is 32.1. The summed E-state index contributed by atoms with van der Waals surface area (Å²) in [6.45, 7) is 5.04. The molecule has 1 N–H and O–H groups in total. The molecule has 0 spiro atoms. The van der Waals surface area contributed by atoms with Gasteiger partial charge in [-0.1, -0.05) is 0 Å². The maximum Gasteiger partial charge on any atom is 0.252 e. The Kier molecular flexibility index (Phi) is 3.18. The molecule has 0 aliphatic heterocycles. The fourth-order valence-corrected chi connectivity index (χ4v) is 6.65. The number of aryl methyl sites for hydroxylation is 2. The van der Waals surface area contributed by atoms with Gasteiger partial charge in [0.05, 0.1) is 5.56 Å². The molecule has 1 aromatic rings. The van der Waals surface area contributed by atoms with Crippen molar-refractivity contribution in [3.8, 4) is 0 Å². The van der Waals surface area contributed by atoms with E-state index in [9.17, 15) is 4.79 Å². The number of carbonyl (C=O) groups excluding carboxylic acids is 1. The van der Waals surface area contributed by atoms with E-state index in [2.05, 4.69) is 19.2 Å². The van der Waals surface area contributed by atoms with Crippen LogP contribution in [-0.4, -0.2) is 12.5 Å². The van der Waals surface area contributed by atoms with Gasteiger partial charge in [0.2, 0.25) is 0 Å². The molecule has 4 saturated carbocycles. The maximum absolute atomic E-state index is 12.5. The lowest BCUT2D eigenvalue weighted by molar-refractivity contribution is -0.0503. The number of carbonyl (C=O) groups is 1. The Bertz CT molecular complexity index is 538. The standard InChI is InChI=1S/C18H25NOS/c1-11-3-16(12(2)21-11)17(20)19-10-18-7-13-4-14(8-18)6-15(5-13)9-18/h3,13-15H,4-10H2,1-2H3,(H,19,20). The minimum atomic E-state index is 0.146. The second-order valence-electron chi connectivity index (χ2n) is 7.93. The number of thiophene rings is 1. The molecule has 4 aliphatic carbocycles. The van der Waals surface area contributed by atoms with Gasteiger partial charge in [0.25, 0.3) is 5.91 Å². The molecule has 4 fully saturated rings. The molecule has 0 radical (unpaired) electrons. The van der Waals surface area contributed by atoms with Gasteiger partial charge in [-0.3, -0.25) is 4.79 Å². The minimum absolute atomic E-state index is 0.146. The van der Waals surface area contributed by atoms with Crippen LogP contribution in [0.2, 0.25) is 0 Å². The average molecular weight is 303 g/mol. The molecule has 1 amide bonds. The summed E-state index contributed by atoms with van der Waals surface area (Å²) in [5.74, 6) is 3.02. The van der Waals surface area contributed by atoms with Crippen LogP contribution < -0.4 is 5.32 Å². The molecule has 0 unspecified atom stereocenters. The molecule has 21 heavy (non-hydrogen) atoms. The first-order valence-corrected chi connectivity index (χ1v) is 9.20. The van der Waals surface area contributed by atoms with E-state index in [0.29, 0.717) is 5.41 Å². The van der Waals surface area contributed by atoms with Crippen LogP contribution in [0.1, 0.15) is 58.6 Å². The first-order valence-electron chi connectivity index (χ1n) is 8.38. The first-order chi connectivity index (χ1) is 10.0. The zero-order chi connectivity index (χ0) is 14.6. The van der Waals surface area contributed by atoms with Crippen molar-refractivity contribution in [2.75, 3.05) is 6.54 Å². The van der Waals surface area contributed by atoms with Crippen molar-refractivity contribution in [3.05, 3.63) is 21.4 Å². The van der Waals surface area contributed by atoms with Crippen molar-refractivity contribution in [2.24, 2.45) is 23.2 Å². The summed E-state index contributed by atoms with van der Waals surface area (Å²) in [6.07, 6.45) is 8.49. The lowest BCUT2D eigenvalue weighted by Crippen LogP contribution is -2.51. The fourth-order valence-electron chi connectivity index (χ4n) is 5.73. The largest absolute Gasteiger partial charge is 0.351 e. The molecule has 4 bridgehead atoms. The fraction of sp³-hybridized carbons (Fsp3) is 0.722. The lowest BCUT2D eigenvalue weighted by atomic mass is 9.49. The average Bonchev–Trinajstić information content (AvgIpc) is 2.74. The van der Waals surface area contributed by atoms with Gasteiger partial charge in [-0.25, -0.2) is 0 Å². The molecule has 2 nitrogen and oxygen atoms in total. The van der Waals surface area contributed by atoms with Crippen molar-refractivity contribution in [2.45, 2.75) is 52.4 Å². The van der Waals surface area contributed by atoms with Gasteiger partial charge >= 0.3 is 0 Å². The summed E-state index contributed by atoms with van der Waals surface area (Å²) >= 11 is 1.72. The van der Waals surface area contributed by atoms with Crippen LogP contribution in [0.4, 0.5) is 0 Å². The normalized spacial score (nSPS) is 37.0. The smallest absolute Gasteiger partial charge is 0.252 e. The summed E-state index contributed by atoms with van der Waals surface area (Å²) in [7, 11) is 0. The van der Waals surface area contributed by atoms with E-state index >= 15 is 0 Å². The SMILES string of the molecule is Cc1cc(C(=O)NCC23CC4CC(CC(C4)C2)C3)c(C)s1. The number of rotatable bonds is 3. The van der Waals surface area contributed by atoms with Gasteiger partial charge in [0, 0.05) is 16.3 Å². The third kappa shape index (κ3) is 2.44. The monoisotopic (exact) mass is 303 g/mol. The van der Waals surface area contributed by atoms with E-state index in [1.165, 1.54) is 43.4 Å². The van der Waals surface area contributed by atoms with Crippen LogP contribution in [0.3, 0.4) is 0 Å². The zero-order valence-electron chi connectivity index (χ0n) is 13.1. The van der Waals surface area contributed by atoms with Crippen LogP contribution in [0.25, 0.3) is 0 Å². The highest BCUT2D eigenvalue weighted by Crippen LogP contribution is 2.59. The Hall–Kier alpha value is -0.830. The number of hydrogen-bond donors (Lipinski definition) is 1. The Labute approximate surface area is 131 Å². The van der Waals surface area contributed by atoms with Gasteiger partial charge in [-0.15, -0.1) is 11.3 Å². The molecule has 0 aromatic carbocycles. The van der Waals surface area contributed by atoms with Crippen LogP contribution in [0, 0.1) is 37.0 Å². The van der Waals surface area contributed by atoms with Gasteiger partial charge in [-0.2, -0.15) is 0 Å². The van der Waals surface area contributed by atoms with E-state index in [1.807, 2.05) is 6.07 Å². The minimum Gasteiger partial charge on any atom is -0.351 e. The summed E-state index contributed by atoms with van der Waals surface area (Å²) in [4.78, 5) is 14.8. The van der Waals surface area contributed by atoms with Gasteiger partial charge in [0.15, 0.2) is 0 Å². The third-order valence-corrected chi connectivity index (χ3v) is 7.04. The van der Waals surface area contributed by atoms with Crippen molar-refractivity contribution < 1.29 is 4.79 Å². The van der Waals surface area contributed by atoms with Crippen molar-refractivity contribution >= 4 is 17.2 Å². The molecular weight excluding hydrogens is 278 g/mol. The van der Waals surface area contributed by atoms with E-state index in [4.69, 9.17) is 0 Å². The van der Waals surface area contributed by atoms with Crippen LogP contribution >= 0.6 is 11.3 Å². The van der Waals surface area contributed by atoms with Gasteiger partial charge in [0.1, 0.15) is 0 Å². The Balaban J connectivity index is 1.45. The Morgan fingerprint density at radius 2 is 1.76 bits per heavy atom. The summed E-state index contributed by atoms with van der Waals surface area (Å²) in [6, 6.07) is 2.04. The molecule has 0 atom stereocenters. The predicted molar refractivity (Wildman–Crippen MR) is 86.7 cm³/mol. The molecular formula is C18H25NOS. The second kappa shape index (κ2) is 4.84. The van der Waals surface area contributed by atoms with Crippen LogP contribution in [0.15, 0.2) is 6.07 Å². The zero-order valence-corrected chi connectivity index (χ0v) is 13.9. The summed E-state index contributed by atoms with van der Waals surface area (Å²) in [5, 5.41) is 3.28. The van der Waals surface area contributed by atoms with Crippen molar-refractivity contribution in [1.29, 1.82) is 0 Å². The predicted octanol–water partition coefficient (Wildman–Crippen LogP) is 4.31. The summed E-state index contributed by atoms with van der Waals surface area (Å²) < 4.78 is 0. The highest BCUT2D eigenvalue weighted by molar-refractivity contribution is 7.12. The Morgan fingerprint density at radius 3 is 2.24 bits per heavy atom. The molecule has 114 valence electrons. The van der Waals surface area contributed by atoms with Crippen LogP contribution in [-0.2, 0) is 0 Å². The third-order valence-electron chi connectivity index (χ3n) is 6.07.